The summed E-state index contributed by atoms with van der Waals surface area (Å²) >= 11 is 0. The van der Waals surface area contributed by atoms with Crippen LogP contribution in [0.1, 0.15) is 54.4 Å². The van der Waals surface area contributed by atoms with Crippen molar-refractivity contribution in [2.45, 2.75) is 65.5 Å². The molecule has 2 amide bonds. The molecule has 2 fully saturated rings. The molecule has 0 aromatic carbocycles. The first kappa shape index (κ1) is 14.5. The summed E-state index contributed by atoms with van der Waals surface area (Å²) in [4.78, 5) is 28.4. The van der Waals surface area contributed by atoms with Gasteiger partial charge in [-0.15, -0.1) is 0 Å². The van der Waals surface area contributed by atoms with Crippen LogP contribution in [0.5, 0.6) is 0 Å². The molecule has 0 bridgehead atoms. The van der Waals surface area contributed by atoms with Gasteiger partial charge in [0, 0.05) is 42.4 Å². The highest BCUT2D eigenvalue weighted by molar-refractivity contribution is 5.99. The highest BCUT2D eigenvalue weighted by Gasteiger charge is 2.54. The van der Waals surface area contributed by atoms with Crippen molar-refractivity contribution in [1.29, 1.82) is 0 Å². The minimum absolute atomic E-state index is 0.00249. The first-order valence-corrected chi connectivity index (χ1v) is 7.06. The first-order valence-electron chi connectivity index (χ1n) is 7.06. The van der Waals surface area contributed by atoms with Crippen molar-refractivity contribution in [2.75, 3.05) is 13.1 Å². The van der Waals surface area contributed by atoms with Gasteiger partial charge in [0.25, 0.3) is 0 Å². The number of hydrogen-bond donors (Lipinski definition) is 0. The summed E-state index contributed by atoms with van der Waals surface area (Å²) < 4.78 is 0. The van der Waals surface area contributed by atoms with Gasteiger partial charge in [-0.3, -0.25) is 19.4 Å². The molecule has 2 rings (SSSR count). The monoisotopic (exact) mass is 266 g/mol. The fourth-order valence-electron chi connectivity index (χ4n) is 3.21. The third kappa shape index (κ3) is 2.55. The van der Waals surface area contributed by atoms with E-state index >= 15 is 0 Å². The molecule has 0 aromatic heterocycles. The van der Waals surface area contributed by atoms with E-state index in [1.165, 1.54) is 4.90 Å². The van der Waals surface area contributed by atoms with Crippen molar-refractivity contribution in [3.63, 3.8) is 0 Å². The highest BCUT2D eigenvalue weighted by Crippen LogP contribution is 2.45. The molecule has 4 heteroatoms. The van der Waals surface area contributed by atoms with Gasteiger partial charge in [-0.05, 0) is 41.5 Å². The van der Waals surface area contributed by atoms with Gasteiger partial charge in [0.05, 0.1) is 0 Å². The lowest BCUT2D eigenvalue weighted by atomic mass is 9.69. The van der Waals surface area contributed by atoms with Gasteiger partial charge in [-0.2, -0.15) is 0 Å². The first-order chi connectivity index (χ1) is 8.45. The van der Waals surface area contributed by atoms with Crippen LogP contribution in [0.25, 0.3) is 0 Å². The molecule has 1 spiro atoms. The zero-order valence-corrected chi connectivity index (χ0v) is 13.0. The molecule has 0 radical (unpaired) electrons. The van der Waals surface area contributed by atoms with Crippen LogP contribution in [0, 0.1) is 5.41 Å². The van der Waals surface area contributed by atoms with Crippen LogP contribution < -0.4 is 0 Å². The molecule has 4 nitrogen and oxygen atoms in total. The van der Waals surface area contributed by atoms with Crippen LogP contribution in [0.4, 0.5) is 0 Å². The zero-order valence-electron chi connectivity index (χ0n) is 13.0. The standard InChI is InChI=1S/C15H26N2O2/c1-13(2,3)16-9-15(10-16)7-11(18)17(12(19)8-15)14(4,5)6/h7-10H2,1-6H3. The van der Waals surface area contributed by atoms with Gasteiger partial charge in [-0.1, -0.05) is 0 Å². The molecule has 108 valence electrons. The molecule has 2 aliphatic rings. The van der Waals surface area contributed by atoms with Crippen molar-refractivity contribution < 1.29 is 9.59 Å². The Bertz CT molecular complexity index is 389. The van der Waals surface area contributed by atoms with E-state index in [2.05, 4.69) is 25.7 Å². The maximum absolute atomic E-state index is 12.3. The average molecular weight is 266 g/mol. The molecule has 2 saturated heterocycles. The number of carbonyl (C=O) groups excluding carboxylic acids is 2. The Balaban J connectivity index is 2.09. The highest BCUT2D eigenvalue weighted by atomic mass is 16.2. The second-order valence-electron chi connectivity index (χ2n) is 8.17. The third-order valence-corrected chi connectivity index (χ3v) is 4.22. The Hall–Kier alpha value is -0.900. The number of rotatable bonds is 0. The van der Waals surface area contributed by atoms with E-state index in [1.807, 2.05) is 20.8 Å². The molecule has 2 heterocycles. The van der Waals surface area contributed by atoms with Crippen LogP contribution in [0.2, 0.25) is 0 Å². The summed E-state index contributed by atoms with van der Waals surface area (Å²) in [5, 5.41) is 0. The molecule has 0 atom stereocenters. The summed E-state index contributed by atoms with van der Waals surface area (Å²) in [7, 11) is 0. The fourth-order valence-corrected chi connectivity index (χ4v) is 3.21. The smallest absolute Gasteiger partial charge is 0.230 e. The Morgan fingerprint density at radius 2 is 1.26 bits per heavy atom. The second kappa shape index (κ2) is 4.05. The topological polar surface area (TPSA) is 40.6 Å². The maximum Gasteiger partial charge on any atom is 0.230 e. The molecule has 2 aliphatic heterocycles. The zero-order chi connectivity index (χ0) is 14.6. The van der Waals surface area contributed by atoms with Gasteiger partial charge in [0.2, 0.25) is 11.8 Å². The number of amides is 2. The predicted molar refractivity (Wildman–Crippen MR) is 74.6 cm³/mol. The Morgan fingerprint density at radius 1 is 0.842 bits per heavy atom. The van der Waals surface area contributed by atoms with E-state index in [0.29, 0.717) is 12.8 Å². The largest absolute Gasteiger partial charge is 0.297 e. The number of carbonyl (C=O) groups is 2. The molecular formula is C15H26N2O2. The number of piperidine rings is 1. The van der Waals surface area contributed by atoms with Crippen LogP contribution in [-0.2, 0) is 9.59 Å². The SMILES string of the molecule is CC(C)(C)N1CC2(CC(=O)N(C(C)(C)C)C(=O)C2)C1. The Morgan fingerprint density at radius 3 is 1.58 bits per heavy atom. The molecule has 0 N–H and O–H groups in total. The number of likely N-dealkylation sites (tertiary alicyclic amines) is 2. The summed E-state index contributed by atoms with van der Waals surface area (Å²) in [6.07, 6.45) is 1.03. The summed E-state index contributed by atoms with van der Waals surface area (Å²) in [6.45, 7) is 14.0. The van der Waals surface area contributed by atoms with Gasteiger partial charge >= 0.3 is 0 Å². The molecule has 0 aliphatic carbocycles. The van der Waals surface area contributed by atoms with Gasteiger partial charge in [-0.25, -0.2) is 0 Å². The van der Waals surface area contributed by atoms with Crippen molar-refractivity contribution in [2.24, 2.45) is 5.41 Å². The second-order valence-corrected chi connectivity index (χ2v) is 8.17. The Labute approximate surface area is 116 Å². The lowest BCUT2D eigenvalue weighted by Crippen LogP contribution is -2.68. The Kier molecular flexibility index (Phi) is 3.09. The van der Waals surface area contributed by atoms with Crippen LogP contribution in [-0.4, -0.2) is 45.8 Å². The number of hydrogen-bond acceptors (Lipinski definition) is 3. The predicted octanol–water partition coefficient (Wildman–Crippen LogP) is 2.03. The molecule has 0 unspecified atom stereocenters. The van der Waals surface area contributed by atoms with Crippen molar-refractivity contribution in [3.05, 3.63) is 0 Å². The van der Waals surface area contributed by atoms with Crippen LogP contribution in [0.3, 0.4) is 0 Å². The van der Waals surface area contributed by atoms with E-state index in [1.54, 1.807) is 0 Å². The van der Waals surface area contributed by atoms with Gasteiger partial charge in [0.15, 0.2) is 0 Å². The van der Waals surface area contributed by atoms with Gasteiger partial charge < -0.3 is 0 Å². The lowest BCUT2D eigenvalue weighted by molar-refractivity contribution is -0.169. The van der Waals surface area contributed by atoms with Crippen molar-refractivity contribution in [3.8, 4) is 0 Å². The summed E-state index contributed by atoms with van der Waals surface area (Å²) in [6, 6.07) is 0. The molecule has 0 aromatic rings. The van der Waals surface area contributed by atoms with E-state index in [0.717, 1.165) is 13.1 Å². The minimum Gasteiger partial charge on any atom is -0.297 e. The van der Waals surface area contributed by atoms with Crippen LogP contribution >= 0.6 is 0 Å². The minimum atomic E-state index is -0.400. The van der Waals surface area contributed by atoms with E-state index in [-0.39, 0.29) is 22.8 Å². The third-order valence-electron chi connectivity index (χ3n) is 4.22. The summed E-state index contributed by atoms with van der Waals surface area (Å²) in [5.74, 6) is -0.00498. The lowest BCUT2D eigenvalue weighted by Gasteiger charge is -2.58. The maximum atomic E-state index is 12.3. The quantitative estimate of drug-likeness (QED) is 0.630. The van der Waals surface area contributed by atoms with Crippen molar-refractivity contribution >= 4 is 11.8 Å². The number of imide groups is 1. The van der Waals surface area contributed by atoms with E-state index < -0.39 is 5.54 Å². The molecule has 0 saturated carbocycles. The normalized spacial score (nSPS) is 24.8. The summed E-state index contributed by atoms with van der Waals surface area (Å²) in [5.41, 5.74) is -0.370. The van der Waals surface area contributed by atoms with Crippen LogP contribution in [0.15, 0.2) is 0 Å². The molecular weight excluding hydrogens is 240 g/mol. The van der Waals surface area contributed by atoms with Crippen molar-refractivity contribution in [1.82, 2.24) is 9.80 Å². The average Bonchev–Trinajstić information content (AvgIpc) is 2.08. The molecule has 19 heavy (non-hydrogen) atoms. The number of nitrogens with zero attached hydrogens (tertiary/aromatic N) is 2. The fraction of sp³-hybridized carbons (Fsp3) is 0.867. The van der Waals surface area contributed by atoms with Gasteiger partial charge in [0.1, 0.15) is 0 Å². The van der Waals surface area contributed by atoms with E-state index in [4.69, 9.17) is 0 Å². The van der Waals surface area contributed by atoms with E-state index in [9.17, 15) is 9.59 Å².